The van der Waals surface area contributed by atoms with Crippen molar-refractivity contribution in [1.29, 1.82) is 0 Å². The van der Waals surface area contributed by atoms with Gasteiger partial charge in [-0.25, -0.2) is 4.79 Å². The smallest absolute Gasteiger partial charge is 0.316 e. The van der Waals surface area contributed by atoms with Crippen molar-refractivity contribution in [2.45, 2.75) is 33.1 Å². The van der Waals surface area contributed by atoms with Gasteiger partial charge >= 0.3 is 6.03 Å². The lowest BCUT2D eigenvalue weighted by Crippen LogP contribution is -2.33. The van der Waals surface area contributed by atoms with Gasteiger partial charge in [0.05, 0.1) is 0 Å². The number of nitrogens with one attached hydrogen (secondary N) is 2. The number of amides is 2. The van der Waals surface area contributed by atoms with Gasteiger partial charge < -0.3 is 25.8 Å². The van der Waals surface area contributed by atoms with Crippen LogP contribution in [0.4, 0.5) is 10.5 Å². The molecule has 6 heteroatoms. The van der Waals surface area contributed by atoms with Crippen LogP contribution in [0.15, 0.2) is 24.3 Å². The predicted molar refractivity (Wildman–Crippen MR) is 83.1 cm³/mol. The molecular formula is C15H25N3O3. The number of benzene rings is 1. The number of carbonyl (C=O) groups is 1. The van der Waals surface area contributed by atoms with Crippen LogP contribution in [0.3, 0.4) is 0 Å². The molecule has 0 aromatic heterocycles. The second-order valence-corrected chi connectivity index (χ2v) is 4.58. The largest absolute Gasteiger partial charge is 0.352 e. The Bertz CT molecular complexity index is 417. The second kappa shape index (κ2) is 9.33. The molecule has 0 fully saturated rings. The summed E-state index contributed by atoms with van der Waals surface area (Å²) < 4.78 is 11.0. The molecule has 0 spiro atoms. The molecule has 21 heavy (non-hydrogen) atoms. The van der Waals surface area contributed by atoms with E-state index in [-0.39, 0.29) is 12.3 Å². The summed E-state index contributed by atoms with van der Waals surface area (Å²) in [6.07, 6.45) is -0.238. The number of ether oxygens (including phenoxy) is 2. The molecule has 118 valence electrons. The average Bonchev–Trinajstić information content (AvgIpc) is 2.45. The summed E-state index contributed by atoms with van der Waals surface area (Å²) in [6, 6.07) is 7.11. The summed E-state index contributed by atoms with van der Waals surface area (Å²) in [6.45, 7) is 7.80. The first-order valence-corrected chi connectivity index (χ1v) is 7.19. The zero-order valence-corrected chi connectivity index (χ0v) is 12.9. The van der Waals surface area contributed by atoms with Gasteiger partial charge in [-0.3, -0.25) is 0 Å². The maximum atomic E-state index is 10.8. The third-order valence-corrected chi connectivity index (χ3v) is 2.97. The SMILES string of the molecule is CCOC(CNC(C)c1ccc(NC(N)=O)cc1)OCC. The molecule has 0 aliphatic rings. The first-order chi connectivity index (χ1) is 10.1. The Balaban J connectivity index is 2.50. The van der Waals surface area contributed by atoms with Gasteiger partial charge in [0.25, 0.3) is 0 Å². The van der Waals surface area contributed by atoms with Crippen molar-refractivity contribution in [2.24, 2.45) is 5.73 Å². The summed E-state index contributed by atoms with van der Waals surface area (Å²) in [5.74, 6) is 0. The summed E-state index contributed by atoms with van der Waals surface area (Å²) >= 11 is 0. The first-order valence-electron chi connectivity index (χ1n) is 7.19. The highest BCUT2D eigenvalue weighted by atomic mass is 16.7. The molecule has 0 aliphatic heterocycles. The quantitative estimate of drug-likeness (QED) is 0.610. The van der Waals surface area contributed by atoms with E-state index in [0.717, 1.165) is 5.56 Å². The van der Waals surface area contributed by atoms with Gasteiger partial charge in [-0.2, -0.15) is 0 Å². The molecule has 2 amide bonds. The van der Waals surface area contributed by atoms with Crippen LogP contribution >= 0.6 is 0 Å². The van der Waals surface area contributed by atoms with Crippen molar-refractivity contribution in [2.75, 3.05) is 25.1 Å². The molecule has 1 atom stereocenters. The summed E-state index contributed by atoms with van der Waals surface area (Å²) in [5.41, 5.74) is 6.86. The fraction of sp³-hybridized carbons (Fsp3) is 0.533. The number of rotatable bonds is 9. The molecule has 4 N–H and O–H groups in total. The number of nitrogens with two attached hydrogens (primary N) is 1. The number of primary amides is 1. The van der Waals surface area contributed by atoms with Crippen molar-refractivity contribution in [1.82, 2.24) is 5.32 Å². The minimum atomic E-state index is -0.565. The Morgan fingerprint density at radius 3 is 2.24 bits per heavy atom. The summed E-state index contributed by atoms with van der Waals surface area (Å²) in [4.78, 5) is 10.8. The van der Waals surface area contributed by atoms with E-state index < -0.39 is 6.03 Å². The molecule has 0 aliphatic carbocycles. The molecule has 6 nitrogen and oxygen atoms in total. The highest BCUT2D eigenvalue weighted by Gasteiger charge is 2.11. The Morgan fingerprint density at radius 1 is 1.19 bits per heavy atom. The third kappa shape index (κ3) is 6.57. The fourth-order valence-electron chi connectivity index (χ4n) is 1.93. The monoisotopic (exact) mass is 295 g/mol. The maximum absolute atomic E-state index is 10.8. The van der Waals surface area contributed by atoms with E-state index in [2.05, 4.69) is 17.6 Å². The van der Waals surface area contributed by atoms with Crippen LogP contribution in [0.2, 0.25) is 0 Å². The topological polar surface area (TPSA) is 85.6 Å². The first kappa shape index (κ1) is 17.4. The van der Waals surface area contributed by atoms with Gasteiger partial charge in [-0.15, -0.1) is 0 Å². The number of hydrogen-bond acceptors (Lipinski definition) is 4. The van der Waals surface area contributed by atoms with Gasteiger partial charge in [0.15, 0.2) is 6.29 Å². The zero-order valence-electron chi connectivity index (χ0n) is 12.9. The maximum Gasteiger partial charge on any atom is 0.316 e. The van der Waals surface area contributed by atoms with Gasteiger partial charge in [0.1, 0.15) is 0 Å². The van der Waals surface area contributed by atoms with Crippen LogP contribution in [0.5, 0.6) is 0 Å². The molecule has 0 heterocycles. The minimum absolute atomic E-state index is 0.149. The lowest BCUT2D eigenvalue weighted by molar-refractivity contribution is -0.133. The highest BCUT2D eigenvalue weighted by molar-refractivity contribution is 5.87. The summed E-state index contributed by atoms with van der Waals surface area (Å²) in [7, 11) is 0. The number of anilines is 1. The van der Waals surface area contributed by atoms with Crippen molar-refractivity contribution >= 4 is 11.7 Å². The Kier molecular flexibility index (Phi) is 7.74. The van der Waals surface area contributed by atoms with E-state index >= 15 is 0 Å². The van der Waals surface area contributed by atoms with Gasteiger partial charge in [-0.1, -0.05) is 12.1 Å². The van der Waals surface area contributed by atoms with E-state index in [1.807, 2.05) is 38.1 Å². The van der Waals surface area contributed by atoms with Gasteiger partial charge in [-0.05, 0) is 38.5 Å². The van der Waals surface area contributed by atoms with E-state index in [0.29, 0.717) is 25.4 Å². The van der Waals surface area contributed by atoms with Crippen molar-refractivity contribution in [3.8, 4) is 0 Å². The van der Waals surface area contributed by atoms with Gasteiger partial charge in [0.2, 0.25) is 0 Å². The molecule has 1 unspecified atom stereocenters. The summed E-state index contributed by atoms with van der Waals surface area (Å²) in [5, 5.41) is 5.90. The van der Waals surface area contributed by atoms with Crippen LogP contribution in [0, 0.1) is 0 Å². The number of hydrogen-bond donors (Lipinski definition) is 3. The molecule has 0 bridgehead atoms. The van der Waals surface area contributed by atoms with Crippen LogP contribution in [0.25, 0.3) is 0 Å². The predicted octanol–water partition coefficient (Wildman–Crippen LogP) is 2.23. The van der Waals surface area contributed by atoms with E-state index in [9.17, 15) is 4.79 Å². The standard InChI is InChI=1S/C15H25N3O3/c1-4-20-14(21-5-2)10-17-11(3)12-6-8-13(9-7-12)18-15(16)19/h6-9,11,14,17H,4-5,10H2,1-3H3,(H3,16,18,19). The van der Waals surface area contributed by atoms with Crippen LogP contribution in [-0.2, 0) is 9.47 Å². The van der Waals surface area contributed by atoms with E-state index in [1.54, 1.807) is 0 Å². The normalized spacial score (nSPS) is 12.4. The van der Waals surface area contributed by atoms with Gasteiger partial charge in [0, 0.05) is 31.5 Å². The lowest BCUT2D eigenvalue weighted by Gasteiger charge is -2.21. The van der Waals surface area contributed by atoms with Crippen molar-refractivity contribution < 1.29 is 14.3 Å². The van der Waals surface area contributed by atoms with E-state index in [1.165, 1.54) is 0 Å². The molecule has 1 rings (SSSR count). The molecule has 0 saturated heterocycles. The number of carbonyl (C=O) groups excluding carboxylic acids is 1. The average molecular weight is 295 g/mol. The zero-order chi connectivity index (χ0) is 15.7. The molecular weight excluding hydrogens is 270 g/mol. The lowest BCUT2D eigenvalue weighted by atomic mass is 10.1. The second-order valence-electron chi connectivity index (χ2n) is 4.58. The van der Waals surface area contributed by atoms with Crippen LogP contribution in [0.1, 0.15) is 32.4 Å². The Hall–Kier alpha value is -1.63. The van der Waals surface area contributed by atoms with E-state index in [4.69, 9.17) is 15.2 Å². The van der Waals surface area contributed by atoms with Crippen molar-refractivity contribution in [3.63, 3.8) is 0 Å². The Morgan fingerprint density at radius 2 is 1.76 bits per heavy atom. The highest BCUT2D eigenvalue weighted by Crippen LogP contribution is 2.16. The van der Waals surface area contributed by atoms with Crippen LogP contribution in [-0.4, -0.2) is 32.1 Å². The molecule has 1 aromatic rings. The fourth-order valence-corrected chi connectivity index (χ4v) is 1.93. The molecule has 0 saturated carbocycles. The molecule has 1 aromatic carbocycles. The minimum Gasteiger partial charge on any atom is -0.352 e. The number of urea groups is 1. The van der Waals surface area contributed by atoms with Crippen LogP contribution < -0.4 is 16.4 Å². The Labute approximate surface area is 126 Å². The molecule has 0 radical (unpaired) electrons. The van der Waals surface area contributed by atoms with Crippen molar-refractivity contribution in [3.05, 3.63) is 29.8 Å². The third-order valence-electron chi connectivity index (χ3n) is 2.97.